The summed E-state index contributed by atoms with van der Waals surface area (Å²) in [6, 6.07) is 7.01. The van der Waals surface area contributed by atoms with Crippen LogP contribution in [0.1, 0.15) is 29.4 Å². The molecule has 9 heteroatoms. The van der Waals surface area contributed by atoms with E-state index in [4.69, 9.17) is 4.74 Å². The topological polar surface area (TPSA) is 80.6 Å². The van der Waals surface area contributed by atoms with Crippen LogP contribution in [-0.2, 0) is 17.8 Å². The van der Waals surface area contributed by atoms with Crippen molar-refractivity contribution in [2.75, 3.05) is 27.2 Å². The van der Waals surface area contributed by atoms with E-state index in [1.165, 1.54) is 15.8 Å². The van der Waals surface area contributed by atoms with Crippen LogP contribution in [0.2, 0.25) is 0 Å². The van der Waals surface area contributed by atoms with E-state index in [1.807, 2.05) is 31.2 Å². The highest BCUT2D eigenvalue weighted by molar-refractivity contribution is 5.91. The average Bonchev–Trinajstić information content (AvgIpc) is 3.29. The fraction of sp³-hybridized carbons (Fsp3) is 0.500. The molecule has 156 valence electrons. The molecule has 29 heavy (non-hydrogen) atoms. The summed E-state index contributed by atoms with van der Waals surface area (Å²) in [5.41, 5.74) is 1.07. The maximum absolute atomic E-state index is 14.1. The molecule has 1 fully saturated rings. The van der Waals surface area contributed by atoms with Crippen molar-refractivity contribution < 1.29 is 18.7 Å². The van der Waals surface area contributed by atoms with Crippen LogP contribution in [0, 0.1) is 0 Å². The van der Waals surface area contributed by atoms with Crippen LogP contribution >= 0.6 is 0 Å². The molecular weight excluding hydrogens is 377 g/mol. The van der Waals surface area contributed by atoms with Crippen LogP contribution in [0.5, 0.6) is 5.75 Å². The fourth-order valence-electron chi connectivity index (χ4n) is 3.42. The molecule has 1 aromatic carbocycles. The Bertz CT molecular complexity index is 852. The molecule has 0 bridgehead atoms. The number of likely N-dealkylation sites (tertiary alicyclic amines) is 1. The molecule has 2 aromatic rings. The number of benzene rings is 1. The van der Waals surface area contributed by atoms with Gasteiger partial charge in [0.2, 0.25) is 5.91 Å². The molecule has 2 amide bonds. The molecule has 1 aliphatic rings. The highest BCUT2D eigenvalue weighted by Gasteiger charge is 2.35. The van der Waals surface area contributed by atoms with Crippen molar-refractivity contribution in [3.63, 3.8) is 0 Å². The van der Waals surface area contributed by atoms with Gasteiger partial charge in [0.05, 0.1) is 38.4 Å². The minimum Gasteiger partial charge on any atom is -0.494 e. The van der Waals surface area contributed by atoms with E-state index < -0.39 is 6.17 Å². The molecule has 1 saturated heterocycles. The van der Waals surface area contributed by atoms with Gasteiger partial charge in [0.15, 0.2) is 5.69 Å². The van der Waals surface area contributed by atoms with E-state index in [1.54, 1.807) is 19.0 Å². The molecule has 1 aromatic heterocycles. The summed E-state index contributed by atoms with van der Waals surface area (Å²) in [7, 11) is 3.26. The lowest BCUT2D eigenvalue weighted by molar-refractivity contribution is -0.131. The van der Waals surface area contributed by atoms with Gasteiger partial charge in [-0.1, -0.05) is 17.3 Å². The second-order valence-corrected chi connectivity index (χ2v) is 7.31. The Morgan fingerprint density at radius 1 is 1.28 bits per heavy atom. The number of carbonyl (C=O) groups excluding carboxylic acids is 2. The number of halogens is 1. The Kier molecular flexibility index (Phi) is 6.46. The number of nitrogens with zero attached hydrogens (tertiary/aromatic N) is 5. The van der Waals surface area contributed by atoms with E-state index in [0.717, 1.165) is 11.3 Å². The van der Waals surface area contributed by atoms with Crippen molar-refractivity contribution in [1.82, 2.24) is 24.8 Å². The predicted molar refractivity (Wildman–Crippen MR) is 104 cm³/mol. The van der Waals surface area contributed by atoms with Gasteiger partial charge >= 0.3 is 0 Å². The highest BCUT2D eigenvalue weighted by Crippen LogP contribution is 2.23. The number of hydrogen-bond acceptors (Lipinski definition) is 5. The third-order valence-corrected chi connectivity index (χ3v) is 4.84. The zero-order chi connectivity index (χ0) is 21.0. The maximum atomic E-state index is 14.1. The first-order valence-corrected chi connectivity index (χ1v) is 9.64. The zero-order valence-electron chi connectivity index (χ0n) is 16.9. The second kappa shape index (κ2) is 9.02. The first-order valence-electron chi connectivity index (χ1n) is 9.64. The van der Waals surface area contributed by atoms with Gasteiger partial charge in [-0.2, -0.15) is 0 Å². The first kappa shape index (κ1) is 20.8. The van der Waals surface area contributed by atoms with E-state index in [9.17, 15) is 14.0 Å². The number of rotatable bonds is 7. The third-order valence-electron chi connectivity index (χ3n) is 4.84. The monoisotopic (exact) mass is 403 g/mol. The molecule has 0 saturated carbocycles. The van der Waals surface area contributed by atoms with Crippen molar-refractivity contribution in [1.29, 1.82) is 0 Å². The van der Waals surface area contributed by atoms with Gasteiger partial charge in [-0.25, -0.2) is 9.07 Å². The van der Waals surface area contributed by atoms with Gasteiger partial charge in [0, 0.05) is 20.5 Å². The number of alkyl halides is 1. The molecule has 0 N–H and O–H groups in total. The summed E-state index contributed by atoms with van der Waals surface area (Å²) in [5.74, 6) is 0.360. The maximum Gasteiger partial charge on any atom is 0.275 e. The van der Waals surface area contributed by atoms with Gasteiger partial charge in [-0.15, -0.1) is 5.10 Å². The third kappa shape index (κ3) is 5.10. The van der Waals surface area contributed by atoms with Crippen LogP contribution in [0.25, 0.3) is 0 Å². The average molecular weight is 403 g/mol. The number of carbonyl (C=O) groups is 2. The van der Waals surface area contributed by atoms with E-state index in [-0.39, 0.29) is 42.9 Å². The molecule has 0 aliphatic carbocycles. The first-order chi connectivity index (χ1) is 13.9. The molecular formula is C20H26FN5O3. The highest BCUT2D eigenvalue weighted by atomic mass is 19.1. The summed E-state index contributed by atoms with van der Waals surface area (Å²) >= 11 is 0. The number of aromatic nitrogens is 3. The van der Waals surface area contributed by atoms with Crippen LogP contribution in [0.3, 0.4) is 0 Å². The molecule has 3 rings (SSSR count). The summed E-state index contributed by atoms with van der Waals surface area (Å²) in [5, 5.41) is 7.83. The van der Waals surface area contributed by atoms with Gasteiger partial charge in [0.1, 0.15) is 11.9 Å². The Morgan fingerprint density at radius 3 is 2.66 bits per heavy atom. The van der Waals surface area contributed by atoms with Gasteiger partial charge in [0.25, 0.3) is 5.91 Å². The van der Waals surface area contributed by atoms with Crippen LogP contribution in [-0.4, -0.2) is 76.1 Å². The molecule has 2 atom stereocenters. The summed E-state index contributed by atoms with van der Waals surface area (Å²) in [4.78, 5) is 27.7. The summed E-state index contributed by atoms with van der Waals surface area (Å²) in [6.45, 7) is 2.85. The van der Waals surface area contributed by atoms with Crippen molar-refractivity contribution in [3.05, 3.63) is 41.7 Å². The lowest BCUT2D eigenvalue weighted by Crippen LogP contribution is -2.39. The van der Waals surface area contributed by atoms with Gasteiger partial charge in [-0.3, -0.25) is 9.59 Å². The van der Waals surface area contributed by atoms with E-state index in [0.29, 0.717) is 13.2 Å². The minimum atomic E-state index is -1.07. The van der Waals surface area contributed by atoms with Crippen molar-refractivity contribution in [2.24, 2.45) is 0 Å². The second-order valence-electron chi connectivity index (χ2n) is 7.31. The summed E-state index contributed by atoms with van der Waals surface area (Å²) in [6.07, 6.45) is 0.891. The van der Waals surface area contributed by atoms with Crippen LogP contribution in [0.15, 0.2) is 30.5 Å². The Hall–Kier alpha value is -2.97. The Labute approximate surface area is 169 Å². The largest absolute Gasteiger partial charge is 0.494 e. The SMILES string of the molecule is CCOc1ccc(CC(=O)N2CC(F)CC2Cn2cc(C(=O)N(C)C)nn2)cc1. The standard InChI is InChI=1S/C20H26FN5O3/c1-4-29-17-7-5-14(6-8-17)9-19(27)26-11-15(21)10-16(26)12-25-13-18(22-23-25)20(28)24(2)3/h5-8,13,15-16H,4,9-12H2,1-3H3. The molecule has 8 nitrogen and oxygen atoms in total. The Balaban J connectivity index is 1.65. The molecule has 2 unspecified atom stereocenters. The van der Waals surface area contributed by atoms with E-state index >= 15 is 0 Å². The predicted octanol–water partition coefficient (Wildman–Crippen LogP) is 1.56. The van der Waals surface area contributed by atoms with Gasteiger partial charge in [-0.05, 0) is 24.6 Å². The Morgan fingerprint density at radius 2 is 2.00 bits per heavy atom. The van der Waals surface area contributed by atoms with E-state index in [2.05, 4.69) is 10.3 Å². The lowest BCUT2D eigenvalue weighted by Gasteiger charge is -2.24. The zero-order valence-corrected chi connectivity index (χ0v) is 16.9. The van der Waals surface area contributed by atoms with Crippen molar-refractivity contribution in [2.45, 2.75) is 38.5 Å². The number of ether oxygens (including phenoxy) is 1. The van der Waals surface area contributed by atoms with Gasteiger partial charge < -0.3 is 14.5 Å². The smallest absolute Gasteiger partial charge is 0.275 e. The van der Waals surface area contributed by atoms with Crippen LogP contribution in [0.4, 0.5) is 4.39 Å². The van der Waals surface area contributed by atoms with Crippen LogP contribution < -0.4 is 4.74 Å². The number of amides is 2. The molecule has 1 aliphatic heterocycles. The molecule has 0 spiro atoms. The van der Waals surface area contributed by atoms with Crippen molar-refractivity contribution >= 4 is 11.8 Å². The number of hydrogen-bond donors (Lipinski definition) is 0. The summed E-state index contributed by atoms with van der Waals surface area (Å²) < 4.78 is 21.0. The molecule has 0 radical (unpaired) electrons. The normalized spacial score (nSPS) is 18.7. The minimum absolute atomic E-state index is 0.0682. The van der Waals surface area contributed by atoms with Crippen molar-refractivity contribution in [3.8, 4) is 5.75 Å². The quantitative estimate of drug-likeness (QED) is 0.701. The lowest BCUT2D eigenvalue weighted by atomic mass is 10.1. The molecule has 2 heterocycles. The fourth-order valence-corrected chi connectivity index (χ4v) is 3.42.